The number of rotatable bonds is 6. The Bertz CT molecular complexity index is 830. The van der Waals surface area contributed by atoms with Crippen molar-refractivity contribution in [2.75, 3.05) is 0 Å². The standard InChI is InChI=1S/C22H25ClN2O2/c1-7-9-14(8-2)18(26)25-19-21(3,4)20(22(19,5)6)27-16-11-10-15(13-24)17(23)12-16/h7-12,19-20H,1-2H2,3-6H3,(H,25,26)/b14-9+. The lowest BCUT2D eigenvalue weighted by atomic mass is 9.49. The lowest BCUT2D eigenvalue weighted by Gasteiger charge is -2.63. The van der Waals surface area contributed by atoms with Crippen LogP contribution in [0.15, 0.2) is 55.2 Å². The average Bonchev–Trinajstić information content (AvgIpc) is 2.61. The topological polar surface area (TPSA) is 62.1 Å². The van der Waals surface area contributed by atoms with Crippen LogP contribution in [0, 0.1) is 22.2 Å². The fourth-order valence-corrected chi connectivity index (χ4v) is 4.39. The second-order valence-corrected chi connectivity index (χ2v) is 8.27. The molecule has 1 fully saturated rings. The highest BCUT2D eigenvalue weighted by Crippen LogP contribution is 2.55. The SMILES string of the molecule is C=C/C=C(\C=C)C(=O)NC1C(C)(C)C(Oc2ccc(C#N)c(Cl)c2)C1(C)C. The molecular formula is C22H25ClN2O2. The Morgan fingerprint density at radius 3 is 2.41 bits per heavy atom. The van der Waals surface area contributed by atoms with Crippen molar-refractivity contribution in [1.29, 1.82) is 5.26 Å². The van der Waals surface area contributed by atoms with Crippen LogP contribution in [0.5, 0.6) is 5.75 Å². The van der Waals surface area contributed by atoms with Gasteiger partial charge in [-0.05, 0) is 12.1 Å². The molecule has 142 valence electrons. The van der Waals surface area contributed by atoms with E-state index in [9.17, 15) is 4.79 Å². The molecule has 0 aliphatic heterocycles. The Labute approximate surface area is 166 Å². The predicted molar refractivity (Wildman–Crippen MR) is 109 cm³/mol. The normalized spacial score (nSPS) is 22.7. The van der Waals surface area contributed by atoms with Gasteiger partial charge in [-0.2, -0.15) is 5.26 Å². The number of halogens is 1. The summed E-state index contributed by atoms with van der Waals surface area (Å²) in [5, 5.41) is 12.5. The lowest BCUT2D eigenvalue weighted by Crippen LogP contribution is -2.74. The molecule has 0 bridgehead atoms. The molecule has 1 N–H and O–H groups in total. The van der Waals surface area contributed by atoms with Gasteiger partial charge in [-0.1, -0.05) is 70.7 Å². The molecule has 27 heavy (non-hydrogen) atoms. The molecule has 0 radical (unpaired) electrons. The van der Waals surface area contributed by atoms with E-state index < -0.39 is 0 Å². The molecule has 5 heteroatoms. The van der Waals surface area contributed by atoms with Crippen LogP contribution in [0.3, 0.4) is 0 Å². The van der Waals surface area contributed by atoms with Crippen molar-refractivity contribution < 1.29 is 9.53 Å². The van der Waals surface area contributed by atoms with E-state index in [-0.39, 0.29) is 28.9 Å². The summed E-state index contributed by atoms with van der Waals surface area (Å²) in [6, 6.07) is 6.98. The van der Waals surface area contributed by atoms with Crippen molar-refractivity contribution in [1.82, 2.24) is 5.32 Å². The number of carbonyl (C=O) groups is 1. The summed E-state index contributed by atoms with van der Waals surface area (Å²) in [6.45, 7) is 15.5. The number of amides is 1. The maximum absolute atomic E-state index is 12.5. The quantitative estimate of drug-likeness (QED) is 0.565. The van der Waals surface area contributed by atoms with E-state index in [0.717, 1.165) is 0 Å². The van der Waals surface area contributed by atoms with E-state index in [1.165, 1.54) is 6.08 Å². The van der Waals surface area contributed by atoms with Crippen LogP contribution in [0.2, 0.25) is 5.02 Å². The fraction of sp³-hybridized carbons (Fsp3) is 0.364. The number of allylic oxidation sites excluding steroid dienone is 2. The highest BCUT2D eigenvalue weighted by atomic mass is 35.5. The molecule has 1 saturated carbocycles. The molecular weight excluding hydrogens is 360 g/mol. The van der Waals surface area contributed by atoms with Gasteiger partial charge in [-0.3, -0.25) is 4.79 Å². The molecule has 1 amide bonds. The summed E-state index contributed by atoms with van der Waals surface area (Å²) in [6.07, 6.45) is 4.57. The second kappa shape index (κ2) is 7.62. The molecule has 0 saturated heterocycles. The minimum absolute atomic E-state index is 0.0930. The van der Waals surface area contributed by atoms with Gasteiger partial charge in [-0.15, -0.1) is 0 Å². The van der Waals surface area contributed by atoms with Gasteiger partial charge in [0, 0.05) is 28.5 Å². The van der Waals surface area contributed by atoms with Crippen LogP contribution in [0.4, 0.5) is 0 Å². The number of hydrogen-bond acceptors (Lipinski definition) is 3. The molecule has 1 aliphatic rings. The highest BCUT2D eigenvalue weighted by Gasteiger charge is 2.64. The van der Waals surface area contributed by atoms with Crippen molar-refractivity contribution >= 4 is 17.5 Å². The third kappa shape index (κ3) is 3.79. The predicted octanol–water partition coefficient (Wildman–Crippen LogP) is 4.81. The Morgan fingerprint density at radius 2 is 1.93 bits per heavy atom. The molecule has 0 spiro atoms. The summed E-state index contributed by atoms with van der Waals surface area (Å²) < 4.78 is 6.21. The number of nitriles is 1. The lowest BCUT2D eigenvalue weighted by molar-refractivity contribution is -0.172. The summed E-state index contributed by atoms with van der Waals surface area (Å²) in [5.41, 5.74) is 0.270. The van der Waals surface area contributed by atoms with Crippen molar-refractivity contribution in [2.45, 2.75) is 39.8 Å². The van der Waals surface area contributed by atoms with Crippen molar-refractivity contribution in [2.24, 2.45) is 10.8 Å². The second-order valence-electron chi connectivity index (χ2n) is 7.86. The zero-order valence-corrected chi connectivity index (χ0v) is 16.9. The zero-order chi connectivity index (χ0) is 20.4. The molecule has 1 aromatic carbocycles. The monoisotopic (exact) mass is 384 g/mol. The van der Waals surface area contributed by atoms with Gasteiger partial charge in [0.25, 0.3) is 5.91 Å². The van der Waals surface area contributed by atoms with E-state index >= 15 is 0 Å². The van der Waals surface area contributed by atoms with Gasteiger partial charge < -0.3 is 10.1 Å². The Kier molecular flexibility index (Phi) is 5.87. The number of hydrogen-bond donors (Lipinski definition) is 1. The molecule has 2 rings (SSSR count). The van der Waals surface area contributed by atoms with Crippen LogP contribution in [0.25, 0.3) is 0 Å². The fourth-order valence-electron chi connectivity index (χ4n) is 4.17. The zero-order valence-electron chi connectivity index (χ0n) is 16.2. The highest BCUT2D eigenvalue weighted by molar-refractivity contribution is 6.31. The Morgan fingerprint density at radius 1 is 1.30 bits per heavy atom. The largest absolute Gasteiger partial charge is 0.489 e. The number of carbonyl (C=O) groups excluding carboxylic acids is 1. The number of nitrogens with zero attached hydrogens (tertiary/aromatic N) is 1. The maximum atomic E-state index is 12.5. The number of ether oxygens (including phenoxy) is 1. The van der Waals surface area contributed by atoms with Gasteiger partial charge >= 0.3 is 0 Å². The third-order valence-electron chi connectivity index (χ3n) is 5.21. The van der Waals surface area contributed by atoms with Crippen molar-refractivity contribution in [3.8, 4) is 11.8 Å². The van der Waals surface area contributed by atoms with Crippen molar-refractivity contribution in [3.63, 3.8) is 0 Å². The Balaban J connectivity index is 2.20. The summed E-state index contributed by atoms with van der Waals surface area (Å²) in [7, 11) is 0. The molecule has 1 aliphatic carbocycles. The first kappa shape index (κ1) is 20.8. The van der Waals surface area contributed by atoms with Crippen LogP contribution in [0.1, 0.15) is 33.3 Å². The van der Waals surface area contributed by atoms with E-state index in [2.05, 4.69) is 46.2 Å². The van der Waals surface area contributed by atoms with E-state index in [0.29, 0.717) is 21.9 Å². The first-order valence-corrected chi connectivity index (χ1v) is 9.09. The van der Waals surface area contributed by atoms with E-state index in [1.54, 1.807) is 30.4 Å². The Hall–Kier alpha value is -2.51. The first-order valence-electron chi connectivity index (χ1n) is 8.72. The van der Waals surface area contributed by atoms with Gasteiger partial charge in [0.2, 0.25) is 0 Å². The summed E-state index contributed by atoms with van der Waals surface area (Å²) in [5.74, 6) is 0.421. The van der Waals surface area contributed by atoms with E-state index in [1.807, 2.05) is 6.07 Å². The molecule has 0 aromatic heterocycles. The van der Waals surface area contributed by atoms with Crippen LogP contribution in [-0.2, 0) is 4.79 Å². The maximum Gasteiger partial charge on any atom is 0.251 e. The molecule has 1 aromatic rings. The van der Waals surface area contributed by atoms with Crippen LogP contribution < -0.4 is 10.1 Å². The molecule has 4 nitrogen and oxygen atoms in total. The van der Waals surface area contributed by atoms with Crippen LogP contribution >= 0.6 is 11.6 Å². The first-order chi connectivity index (χ1) is 12.6. The smallest absolute Gasteiger partial charge is 0.251 e. The molecule has 0 heterocycles. The van der Waals surface area contributed by atoms with Gasteiger partial charge in [0.05, 0.1) is 10.6 Å². The molecule has 0 atom stereocenters. The minimum atomic E-state index is -0.306. The van der Waals surface area contributed by atoms with Crippen molar-refractivity contribution in [3.05, 3.63) is 65.7 Å². The third-order valence-corrected chi connectivity index (χ3v) is 5.52. The van der Waals surface area contributed by atoms with Gasteiger partial charge in [-0.25, -0.2) is 0 Å². The number of benzene rings is 1. The minimum Gasteiger partial charge on any atom is -0.489 e. The average molecular weight is 385 g/mol. The summed E-state index contributed by atoms with van der Waals surface area (Å²) in [4.78, 5) is 12.5. The van der Waals surface area contributed by atoms with Gasteiger partial charge in [0.15, 0.2) is 0 Å². The van der Waals surface area contributed by atoms with E-state index in [4.69, 9.17) is 21.6 Å². The van der Waals surface area contributed by atoms with Crippen LogP contribution in [-0.4, -0.2) is 18.1 Å². The summed E-state index contributed by atoms with van der Waals surface area (Å²) >= 11 is 6.11. The number of nitrogens with one attached hydrogen (secondary N) is 1. The van der Waals surface area contributed by atoms with Gasteiger partial charge in [0.1, 0.15) is 17.9 Å². The molecule has 0 unspecified atom stereocenters.